The summed E-state index contributed by atoms with van der Waals surface area (Å²) < 4.78 is 0. The molecular formula is C15H17N3O2. The van der Waals surface area contributed by atoms with E-state index in [-0.39, 0.29) is 24.2 Å². The second kappa shape index (κ2) is 5.00. The topological polar surface area (TPSA) is 74.0 Å². The summed E-state index contributed by atoms with van der Waals surface area (Å²) in [5.74, 6) is -0.203. The van der Waals surface area contributed by atoms with Gasteiger partial charge in [-0.2, -0.15) is 0 Å². The van der Waals surface area contributed by atoms with E-state index in [2.05, 4.69) is 15.8 Å². The summed E-state index contributed by atoms with van der Waals surface area (Å²) in [4.78, 5) is 26.6. The van der Waals surface area contributed by atoms with Gasteiger partial charge >= 0.3 is 0 Å². The largest absolute Gasteiger partial charge is 0.358 e. The Labute approximate surface area is 116 Å². The molecule has 0 unspecified atom stereocenters. The SMILES string of the molecule is Cc1[nH]c2ccccc2c1CC(=O)NNC(=O)C1CC1. The van der Waals surface area contributed by atoms with Gasteiger partial charge in [0.2, 0.25) is 11.8 Å². The highest BCUT2D eigenvalue weighted by Crippen LogP contribution is 2.28. The van der Waals surface area contributed by atoms with Crippen LogP contribution in [0.3, 0.4) is 0 Å². The molecule has 5 heteroatoms. The fourth-order valence-corrected chi connectivity index (χ4v) is 2.35. The lowest BCUT2D eigenvalue weighted by Gasteiger charge is -2.06. The first-order chi connectivity index (χ1) is 9.65. The van der Waals surface area contributed by atoms with Crippen molar-refractivity contribution in [3.8, 4) is 0 Å². The van der Waals surface area contributed by atoms with Crippen molar-refractivity contribution in [2.45, 2.75) is 26.2 Å². The van der Waals surface area contributed by atoms with E-state index in [0.717, 1.165) is 35.0 Å². The Morgan fingerprint density at radius 2 is 2.00 bits per heavy atom. The number of aryl methyl sites for hydroxylation is 1. The Morgan fingerprint density at radius 1 is 1.25 bits per heavy atom. The van der Waals surface area contributed by atoms with Crippen LogP contribution >= 0.6 is 0 Å². The maximum Gasteiger partial charge on any atom is 0.242 e. The Kier molecular flexibility index (Phi) is 3.18. The number of carbonyl (C=O) groups excluding carboxylic acids is 2. The van der Waals surface area contributed by atoms with E-state index in [1.165, 1.54) is 0 Å². The molecule has 104 valence electrons. The van der Waals surface area contributed by atoms with Crippen molar-refractivity contribution in [2.75, 3.05) is 0 Å². The van der Waals surface area contributed by atoms with E-state index in [1.54, 1.807) is 0 Å². The Balaban J connectivity index is 1.67. The molecule has 1 aromatic carbocycles. The lowest BCUT2D eigenvalue weighted by molar-refractivity contribution is -0.129. The zero-order chi connectivity index (χ0) is 14.1. The predicted molar refractivity (Wildman–Crippen MR) is 75.7 cm³/mol. The third kappa shape index (κ3) is 2.52. The number of nitrogens with one attached hydrogen (secondary N) is 3. The molecule has 3 N–H and O–H groups in total. The number of para-hydroxylation sites is 1. The van der Waals surface area contributed by atoms with E-state index >= 15 is 0 Å². The van der Waals surface area contributed by atoms with Crippen LogP contribution < -0.4 is 10.9 Å². The average Bonchev–Trinajstić information content (AvgIpc) is 3.23. The minimum Gasteiger partial charge on any atom is -0.358 e. The molecule has 0 saturated heterocycles. The minimum atomic E-state index is -0.202. The molecular weight excluding hydrogens is 254 g/mol. The van der Waals surface area contributed by atoms with Crippen molar-refractivity contribution >= 4 is 22.7 Å². The summed E-state index contributed by atoms with van der Waals surface area (Å²) in [7, 11) is 0. The van der Waals surface area contributed by atoms with Gasteiger partial charge in [0.05, 0.1) is 6.42 Å². The molecule has 1 saturated carbocycles. The number of aromatic amines is 1. The monoisotopic (exact) mass is 271 g/mol. The second-order valence-corrected chi connectivity index (χ2v) is 5.26. The number of carbonyl (C=O) groups is 2. The molecule has 20 heavy (non-hydrogen) atoms. The predicted octanol–water partition coefficient (Wildman–Crippen LogP) is 1.58. The molecule has 1 aliphatic rings. The highest BCUT2D eigenvalue weighted by Gasteiger charge is 2.29. The van der Waals surface area contributed by atoms with Crippen LogP contribution in [-0.2, 0) is 16.0 Å². The molecule has 0 atom stereocenters. The molecule has 1 fully saturated rings. The number of amides is 2. The van der Waals surface area contributed by atoms with Gasteiger partial charge in [-0.25, -0.2) is 0 Å². The van der Waals surface area contributed by atoms with E-state index in [1.807, 2.05) is 31.2 Å². The second-order valence-electron chi connectivity index (χ2n) is 5.26. The van der Waals surface area contributed by atoms with Crippen LogP contribution in [0.1, 0.15) is 24.1 Å². The van der Waals surface area contributed by atoms with Gasteiger partial charge in [0, 0.05) is 22.5 Å². The number of fused-ring (bicyclic) bond motifs is 1. The van der Waals surface area contributed by atoms with Gasteiger partial charge < -0.3 is 4.98 Å². The van der Waals surface area contributed by atoms with Gasteiger partial charge in [-0.3, -0.25) is 20.4 Å². The zero-order valence-corrected chi connectivity index (χ0v) is 11.3. The highest BCUT2D eigenvalue weighted by molar-refractivity contribution is 5.91. The summed E-state index contributed by atoms with van der Waals surface area (Å²) in [5.41, 5.74) is 7.93. The van der Waals surface area contributed by atoms with Crippen LogP contribution in [0.2, 0.25) is 0 Å². The number of H-pyrrole nitrogens is 1. The third-order valence-corrected chi connectivity index (χ3v) is 3.64. The molecule has 1 heterocycles. The summed E-state index contributed by atoms with van der Waals surface area (Å²) in [6.07, 6.45) is 2.09. The summed E-state index contributed by atoms with van der Waals surface area (Å²) >= 11 is 0. The number of hydrogen-bond acceptors (Lipinski definition) is 2. The van der Waals surface area contributed by atoms with Crippen LogP contribution in [0.25, 0.3) is 10.9 Å². The van der Waals surface area contributed by atoms with E-state index in [4.69, 9.17) is 0 Å². The molecule has 2 amide bonds. The maximum atomic E-state index is 11.9. The van der Waals surface area contributed by atoms with Gasteiger partial charge in [0.15, 0.2) is 0 Å². The summed E-state index contributed by atoms with van der Waals surface area (Å²) in [5, 5.41) is 1.05. The van der Waals surface area contributed by atoms with E-state index < -0.39 is 0 Å². The van der Waals surface area contributed by atoms with Crippen LogP contribution in [-0.4, -0.2) is 16.8 Å². The quantitative estimate of drug-likeness (QED) is 0.741. The van der Waals surface area contributed by atoms with Crippen LogP contribution in [0.15, 0.2) is 24.3 Å². The van der Waals surface area contributed by atoms with Gasteiger partial charge in [0.1, 0.15) is 0 Å². The Morgan fingerprint density at radius 3 is 2.75 bits per heavy atom. The standard InChI is InChI=1S/C15H17N3O2/c1-9-12(11-4-2-3-5-13(11)16-9)8-14(19)17-18-15(20)10-6-7-10/h2-5,10,16H,6-8H2,1H3,(H,17,19)(H,18,20). The van der Waals surface area contributed by atoms with Crippen molar-refractivity contribution in [1.82, 2.24) is 15.8 Å². The molecule has 1 aliphatic carbocycles. The third-order valence-electron chi connectivity index (χ3n) is 3.64. The number of hydrogen-bond donors (Lipinski definition) is 3. The summed E-state index contributed by atoms with van der Waals surface area (Å²) in [6, 6.07) is 7.88. The van der Waals surface area contributed by atoms with Gasteiger partial charge in [-0.15, -0.1) is 0 Å². The molecule has 5 nitrogen and oxygen atoms in total. The first kappa shape index (κ1) is 12.7. The Bertz CT molecular complexity index is 671. The van der Waals surface area contributed by atoms with E-state index in [9.17, 15) is 9.59 Å². The molecule has 0 aliphatic heterocycles. The number of rotatable bonds is 3. The minimum absolute atomic E-state index is 0.0881. The van der Waals surface area contributed by atoms with Crippen LogP contribution in [0.4, 0.5) is 0 Å². The van der Waals surface area contributed by atoms with Gasteiger partial charge in [-0.05, 0) is 31.4 Å². The number of aromatic nitrogens is 1. The van der Waals surface area contributed by atoms with E-state index in [0.29, 0.717) is 0 Å². The summed E-state index contributed by atoms with van der Waals surface area (Å²) in [6.45, 7) is 1.95. The molecule has 0 spiro atoms. The van der Waals surface area contributed by atoms with Crippen LogP contribution in [0.5, 0.6) is 0 Å². The molecule has 3 rings (SSSR count). The van der Waals surface area contributed by atoms with Crippen molar-refractivity contribution < 1.29 is 9.59 Å². The molecule has 0 radical (unpaired) electrons. The number of hydrazine groups is 1. The van der Waals surface area contributed by atoms with Gasteiger partial charge in [-0.1, -0.05) is 18.2 Å². The van der Waals surface area contributed by atoms with Crippen LogP contribution in [0, 0.1) is 12.8 Å². The van der Waals surface area contributed by atoms with Crippen molar-refractivity contribution in [2.24, 2.45) is 5.92 Å². The van der Waals surface area contributed by atoms with Crippen molar-refractivity contribution in [3.63, 3.8) is 0 Å². The lowest BCUT2D eigenvalue weighted by Crippen LogP contribution is -2.43. The highest BCUT2D eigenvalue weighted by atomic mass is 16.2. The average molecular weight is 271 g/mol. The fraction of sp³-hybridized carbons (Fsp3) is 0.333. The zero-order valence-electron chi connectivity index (χ0n) is 11.3. The lowest BCUT2D eigenvalue weighted by atomic mass is 10.1. The molecule has 2 aromatic rings. The maximum absolute atomic E-state index is 11.9. The number of benzene rings is 1. The smallest absolute Gasteiger partial charge is 0.242 e. The molecule has 0 bridgehead atoms. The van der Waals surface area contributed by atoms with Crippen molar-refractivity contribution in [1.29, 1.82) is 0 Å². The van der Waals surface area contributed by atoms with Gasteiger partial charge in [0.25, 0.3) is 0 Å². The first-order valence-electron chi connectivity index (χ1n) is 6.80. The normalized spacial score (nSPS) is 14.2. The van der Waals surface area contributed by atoms with Crippen molar-refractivity contribution in [3.05, 3.63) is 35.5 Å². The molecule has 1 aromatic heterocycles. The first-order valence-corrected chi connectivity index (χ1v) is 6.80. The Hall–Kier alpha value is -2.30. The fourth-order valence-electron chi connectivity index (χ4n) is 2.35.